The van der Waals surface area contributed by atoms with E-state index < -0.39 is 0 Å². The van der Waals surface area contributed by atoms with Crippen LogP contribution in [0.3, 0.4) is 0 Å². The van der Waals surface area contributed by atoms with Gasteiger partial charge in [0.25, 0.3) is 0 Å². The van der Waals surface area contributed by atoms with Crippen molar-refractivity contribution in [3.8, 4) is 0 Å². The van der Waals surface area contributed by atoms with Gasteiger partial charge in [-0.05, 0) is 18.8 Å². The highest BCUT2D eigenvalue weighted by Gasteiger charge is 1.96. The summed E-state index contributed by atoms with van der Waals surface area (Å²) in [7, 11) is 0. The molecule has 0 heterocycles. The standard InChI is InChI=1S/C6H16N2/c1-5(2)3-4-6(7)8/h5-6H,3-4,7-8H2,1-2H3. The Balaban J connectivity index is 2.93. The fraction of sp³-hybridized carbons (Fsp3) is 1.00. The summed E-state index contributed by atoms with van der Waals surface area (Å²) in [5.74, 6) is 0.726. The third-order valence-corrected chi connectivity index (χ3v) is 1.08. The van der Waals surface area contributed by atoms with Crippen LogP contribution >= 0.6 is 0 Å². The van der Waals surface area contributed by atoms with E-state index in [1.165, 1.54) is 0 Å². The van der Waals surface area contributed by atoms with Gasteiger partial charge >= 0.3 is 0 Å². The summed E-state index contributed by atoms with van der Waals surface area (Å²) >= 11 is 0. The van der Waals surface area contributed by atoms with Crippen molar-refractivity contribution in [2.75, 3.05) is 0 Å². The van der Waals surface area contributed by atoms with Gasteiger partial charge in [-0.1, -0.05) is 13.8 Å². The third-order valence-electron chi connectivity index (χ3n) is 1.08. The molecule has 0 rings (SSSR count). The maximum atomic E-state index is 5.32. The summed E-state index contributed by atoms with van der Waals surface area (Å²) < 4.78 is 0. The molecule has 50 valence electrons. The monoisotopic (exact) mass is 116 g/mol. The first kappa shape index (κ1) is 7.92. The predicted octanol–water partition coefficient (Wildman–Crippen LogP) is 0.666. The molecule has 0 aliphatic heterocycles. The van der Waals surface area contributed by atoms with Crippen LogP contribution in [0.15, 0.2) is 0 Å². The molecule has 0 spiro atoms. The van der Waals surface area contributed by atoms with Crippen molar-refractivity contribution in [1.29, 1.82) is 0 Å². The second kappa shape index (κ2) is 3.87. The summed E-state index contributed by atoms with van der Waals surface area (Å²) in [5, 5.41) is 0. The lowest BCUT2D eigenvalue weighted by atomic mass is 10.1. The molecule has 0 unspecified atom stereocenters. The summed E-state index contributed by atoms with van der Waals surface area (Å²) in [6.07, 6.45) is 1.97. The zero-order chi connectivity index (χ0) is 6.57. The molecular formula is C6H16N2. The van der Waals surface area contributed by atoms with E-state index in [0.717, 1.165) is 18.8 Å². The molecule has 0 saturated carbocycles. The van der Waals surface area contributed by atoms with Crippen LogP contribution in [0.1, 0.15) is 26.7 Å². The SMILES string of the molecule is CC(C)CCC(N)N. The normalized spacial score (nSPS) is 11.2. The van der Waals surface area contributed by atoms with Crippen molar-refractivity contribution in [2.24, 2.45) is 17.4 Å². The fourth-order valence-corrected chi connectivity index (χ4v) is 0.526. The molecule has 0 aliphatic carbocycles. The molecule has 0 saturated heterocycles. The van der Waals surface area contributed by atoms with E-state index in [4.69, 9.17) is 11.5 Å². The van der Waals surface area contributed by atoms with Gasteiger partial charge in [-0.15, -0.1) is 0 Å². The molecule has 0 aromatic rings. The first-order chi connectivity index (χ1) is 3.63. The minimum Gasteiger partial charge on any atom is -0.316 e. The predicted molar refractivity (Wildman–Crippen MR) is 36.2 cm³/mol. The number of hydrogen-bond acceptors (Lipinski definition) is 2. The van der Waals surface area contributed by atoms with Crippen molar-refractivity contribution in [3.63, 3.8) is 0 Å². The smallest absolute Gasteiger partial charge is 0.0520 e. The van der Waals surface area contributed by atoms with Crippen LogP contribution in [-0.4, -0.2) is 6.17 Å². The number of rotatable bonds is 3. The van der Waals surface area contributed by atoms with Gasteiger partial charge in [-0.3, -0.25) is 0 Å². The molecule has 8 heavy (non-hydrogen) atoms. The second-order valence-corrected chi connectivity index (χ2v) is 2.64. The van der Waals surface area contributed by atoms with Crippen molar-refractivity contribution in [3.05, 3.63) is 0 Å². The molecule has 0 fully saturated rings. The molecule has 0 bridgehead atoms. The Morgan fingerprint density at radius 3 is 1.75 bits per heavy atom. The fourth-order valence-electron chi connectivity index (χ4n) is 0.526. The van der Waals surface area contributed by atoms with Crippen molar-refractivity contribution in [1.82, 2.24) is 0 Å². The van der Waals surface area contributed by atoms with Gasteiger partial charge in [0.05, 0.1) is 6.17 Å². The highest BCUT2D eigenvalue weighted by atomic mass is 14.8. The molecule has 4 N–H and O–H groups in total. The Bertz CT molecular complexity index is 42.5. The van der Waals surface area contributed by atoms with E-state index in [9.17, 15) is 0 Å². The lowest BCUT2D eigenvalue weighted by Gasteiger charge is -2.05. The topological polar surface area (TPSA) is 52.0 Å². The highest BCUT2D eigenvalue weighted by Crippen LogP contribution is 2.02. The van der Waals surface area contributed by atoms with E-state index in [1.807, 2.05) is 0 Å². The average Bonchev–Trinajstić information content (AvgIpc) is 1.61. The number of hydrogen-bond donors (Lipinski definition) is 2. The third kappa shape index (κ3) is 5.92. The average molecular weight is 116 g/mol. The van der Waals surface area contributed by atoms with Gasteiger partial charge in [0.1, 0.15) is 0 Å². The van der Waals surface area contributed by atoms with Crippen LogP contribution in [0.25, 0.3) is 0 Å². The molecule has 0 aliphatic rings. The molecule has 0 aromatic carbocycles. The van der Waals surface area contributed by atoms with Gasteiger partial charge in [0.2, 0.25) is 0 Å². The van der Waals surface area contributed by atoms with Crippen LogP contribution in [0, 0.1) is 5.92 Å². The molecule has 0 atom stereocenters. The van der Waals surface area contributed by atoms with Gasteiger partial charge in [0, 0.05) is 0 Å². The van der Waals surface area contributed by atoms with Gasteiger partial charge in [0.15, 0.2) is 0 Å². The quantitative estimate of drug-likeness (QED) is 0.532. The Morgan fingerprint density at radius 2 is 1.62 bits per heavy atom. The van der Waals surface area contributed by atoms with Crippen LogP contribution in [-0.2, 0) is 0 Å². The minimum absolute atomic E-state index is 0.114. The molecule has 0 radical (unpaired) electrons. The van der Waals surface area contributed by atoms with Crippen LogP contribution in [0.5, 0.6) is 0 Å². The molecule has 0 aromatic heterocycles. The minimum atomic E-state index is -0.114. The maximum Gasteiger partial charge on any atom is 0.0520 e. The highest BCUT2D eigenvalue weighted by molar-refractivity contribution is 4.52. The Kier molecular flexibility index (Phi) is 3.83. The maximum absolute atomic E-state index is 5.32. The summed E-state index contributed by atoms with van der Waals surface area (Å²) in [6.45, 7) is 4.34. The molecular weight excluding hydrogens is 100 g/mol. The van der Waals surface area contributed by atoms with Crippen molar-refractivity contribution >= 4 is 0 Å². The van der Waals surface area contributed by atoms with Crippen LogP contribution < -0.4 is 11.5 Å². The van der Waals surface area contributed by atoms with E-state index in [0.29, 0.717) is 0 Å². The van der Waals surface area contributed by atoms with Gasteiger partial charge < -0.3 is 11.5 Å². The van der Waals surface area contributed by atoms with Crippen molar-refractivity contribution in [2.45, 2.75) is 32.9 Å². The Labute approximate surface area is 51.2 Å². The first-order valence-electron chi connectivity index (χ1n) is 3.14. The van der Waals surface area contributed by atoms with E-state index in [-0.39, 0.29) is 6.17 Å². The lowest BCUT2D eigenvalue weighted by molar-refractivity contribution is 0.504. The van der Waals surface area contributed by atoms with Crippen LogP contribution in [0.4, 0.5) is 0 Å². The van der Waals surface area contributed by atoms with E-state index in [1.54, 1.807) is 0 Å². The lowest BCUT2D eigenvalue weighted by Crippen LogP contribution is -2.30. The van der Waals surface area contributed by atoms with Crippen molar-refractivity contribution < 1.29 is 0 Å². The van der Waals surface area contributed by atoms with Gasteiger partial charge in [-0.2, -0.15) is 0 Å². The van der Waals surface area contributed by atoms with E-state index in [2.05, 4.69) is 13.8 Å². The Hall–Kier alpha value is -0.0800. The summed E-state index contributed by atoms with van der Waals surface area (Å²) in [5.41, 5.74) is 10.6. The van der Waals surface area contributed by atoms with E-state index >= 15 is 0 Å². The van der Waals surface area contributed by atoms with Crippen LogP contribution in [0.2, 0.25) is 0 Å². The molecule has 0 amide bonds. The molecule has 2 heteroatoms. The largest absolute Gasteiger partial charge is 0.316 e. The number of nitrogens with two attached hydrogens (primary N) is 2. The van der Waals surface area contributed by atoms with Gasteiger partial charge in [-0.25, -0.2) is 0 Å². The second-order valence-electron chi connectivity index (χ2n) is 2.64. The Morgan fingerprint density at radius 1 is 1.12 bits per heavy atom. The summed E-state index contributed by atoms with van der Waals surface area (Å²) in [6, 6.07) is 0. The zero-order valence-electron chi connectivity index (χ0n) is 5.72. The first-order valence-corrected chi connectivity index (χ1v) is 3.14. The summed E-state index contributed by atoms with van der Waals surface area (Å²) in [4.78, 5) is 0. The zero-order valence-corrected chi connectivity index (χ0v) is 5.72. The molecule has 2 nitrogen and oxygen atoms in total.